The number of benzene rings is 1. The van der Waals surface area contributed by atoms with Crippen molar-refractivity contribution < 1.29 is 27.8 Å². The third-order valence-corrected chi connectivity index (χ3v) is 4.30. The Bertz CT molecular complexity index is 839. The Morgan fingerprint density at radius 3 is 3.00 bits per heavy atom. The van der Waals surface area contributed by atoms with E-state index in [0.29, 0.717) is 42.6 Å². The summed E-state index contributed by atoms with van der Waals surface area (Å²) in [6.45, 7) is 2.93. The lowest BCUT2D eigenvalue weighted by molar-refractivity contribution is 0.104. The molecule has 2 aromatic rings. The zero-order chi connectivity index (χ0) is 18.3. The average Bonchev–Trinajstić information content (AvgIpc) is 3.15. The van der Waals surface area contributed by atoms with Gasteiger partial charge in [0.15, 0.2) is 5.82 Å². The number of anilines is 1. The summed E-state index contributed by atoms with van der Waals surface area (Å²) >= 11 is 0. The van der Waals surface area contributed by atoms with Crippen LogP contribution < -0.4 is 14.4 Å². The van der Waals surface area contributed by atoms with Gasteiger partial charge in [-0.25, -0.2) is 23.5 Å². The van der Waals surface area contributed by atoms with Gasteiger partial charge in [0.25, 0.3) is 6.43 Å². The minimum atomic E-state index is -2.72. The molecular weight excluding hydrogens is 348 g/mol. The molecule has 1 aromatic heterocycles. The Labute approximate surface area is 148 Å². The summed E-state index contributed by atoms with van der Waals surface area (Å²) in [6.07, 6.45) is -1.95. The van der Waals surface area contributed by atoms with Crippen LogP contribution in [0.1, 0.15) is 6.92 Å². The molecule has 1 fully saturated rings. The number of hydrogen-bond donors (Lipinski definition) is 0. The maximum atomic E-state index is 13.2. The molecule has 0 aliphatic carbocycles. The number of rotatable bonds is 4. The van der Waals surface area contributed by atoms with Crippen molar-refractivity contribution in [3.8, 4) is 22.9 Å². The van der Waals surface area contributed by atoms with Crippen LogP contribution in [0.2, 0.25) is 0 Å². The van der Waals surface area contributed by atoms with Gasteiger partial charge in [-0.15, -0.1) is 0 Å². The fourth-order valence-corrected chi connectivity index (χ4v) is 3.11. The van der Waals surface area contributed by atoms with Crippen molar-refractivity contribution in [2.24, 2.45) is 0 Å². The summed E-state index contributed by atoms with van der Waals surface area (Å²) in [5.74, 6) is 1.96. The molecule has 1 amide bonds. The van der Waals surface area contributed by atoms with E-state index < -0.39 is 18.6 Å². The molecule has 4 rings (SSSR count). The van der Waals surface area contributed by atoms with E-state index in [4.69, 9.17) is 14.2 Å². The number of cyclic esters (lactones) is 1. The first-order chi connectivity index (χ1) is 12.6. The smallest absolute Gasteiger partial charge is 0.416 e. The average molecular weight is 365 g/mol. The van der Waals surface area contributed by atoms with Crippen molar-refractivity contribution >= 4 is 11.9 Å². The van der Waals surface area contributed by atoms with Gasteiger partial charge in [0.05, 0.1) is 18.7 Å². The molecule has 9 heteroatoms. The number of fused-ring (bicyclic) bond motifs is 3. The van der Waals surface area contributed by atoms with E-state index in [1.54, 1.807) is 29.0 Å². The lowest BCUT2D eigenvalue weighted by Crippen LogP contribution is -2.38. The Morgan fingerprint density at radius 2 is 2.23 bits per heavy atom. The van der Waals surface area contributed by atoms with E-state index in [-0.39, 0.29) is 12.4 Å². The van der Waals surface area contributed by atoms with Gasteiger partial charge < -0.3 is 18.8 Å². The second-order valence-corrected chi connectivity index (χ2v) is 5.90. The van der Waals surface area contributed by atoms with Crippen LogP contribution in [-0.4, -0.2) is 47.9 Å². The van der Waals surface area contributed by atoms with Crippen LogP contribution in [0.4, 0.5) is 19.4 Å². The minimum Gasteiger partial charge on any atom is -0.494 e. The highest BCUT2D eigenvalue weighted by molar-refractivity contribution is 5.89. The SMILES string of the molecule is CCOc1ccc2c(c1)OCCn1cc(N3C(=O)OC[C@H]3C(F)F)nc1-2. The molecule has 3 heterocycles. The third kappa shape index (κ3) is 2.73. The number of carbonyl (C=O) groups is 1. The first-order valence-electron chi connectivity index (χ1n) is 8.30. The first-order valence-corrected chi connectivity index (χ1v) is 8.30. The molecule has 0 spiro atoms. The van der Waals surface area contributed by atoms with Gasteiger partial charge >= 0.3 is 6.09 Å². The second-order valence-electron chi connectivity index (χ2n) is 5.90. The van der Waals surface area contributed by atoms with Gasteiger partial charge in [0.1, 0.15) is 36.6 Å². The lowest BCUT2D eigenvalue weighted by Gasteiger charge is -2.17. The molecule has 7 nitrogen and oxygen atoms in total. The minimum absolute atomic E-state index is 0.148. The third-order valence-electron chi connectivity index (χ3n) is 4.30. The summed E-state index contributed by atoms with van der Waals surface area (Å²) in [6, 6.07) is 4.04. The first kappa shape index (κ1) is 16.6. The molecule has 0 radical (unpaired) electrons. The van der Waals surface area contributed by atoms with Crippen molar-refractivity contribution in [2.45, 2.75) is 25.9 Å². The van der Waals surface area contributed by atoms with Crippen molar-refractivity contribution in [3.05, 3.63) is 24.4 Å². The molecule has 1 saturated heterocycles. The number of carbonyl (C=O) groups excluding carboxylic acids is 1. The fourth-order valence-electron chi connectivity index (χ4n) is 3.11. The van der Waals surface area contributed by atoms with Crippen molar-refractivity contribution in [2.75, 3.05) is 24.7 Å². The Kier molecular flexibility index (Phi) is 4.14. The van der Waals surface area contributed by atoms with Crippen LogP contribution in [0.5, 0.6) is 11.5 Å². The summed E-state index contributed by atoms with van der Waals surface area (Å²) in [4.78, 5) is 17.3. The lowest BCUT2D eigenvalue weighted by atomic mass is 10.2. The van der Waals surface area contributed by atoms with Gasteiger partial charge in [0, 0.05) is 12.3 Å². The standard InChI is InChI=1S/C17H17F2N3O4/c1-2-24-10-3-4-11-13(7-10)25-6-5-21-8-14(20-16(11)21)22-12(15(18)19)9-26-17(22)23/h3-4,7-8,12,15H,2,5-6,9H2,1H3/t12-/m0/s1. The van der Waals surface area contributed by atoms with Crippen molar-refractivity contribution in [3.63, 3.8) is 0 Å². The normalized spacial score (nSPS) is 18.8. The zero-order valence-corrected chi connectivity index (χ0v) is 14.0. The van der Waals surface area contributed by atoms with E-state index in [9.17, 15) is 13.6 Å². The summed E-state index contributed by atoms with van der Waals surface area (Å²) < 4.78 is 44.2. The van der Waals surface area contributed by atoms with Crippen LogP contribution in [0, 0.1) is 0 Å². The van der Waals surface area contributed by atoms with Gasteiger partial charge in [-0.3, -0.25) is 0 Å². The molecule has 2 aliphatic heterocycles. The molecular formula is C17H17F2N3O4. The van der Waals surface area contributed by atoms with Crippen LogP contribution in [-0.2, 0) is 11.3 Å². The Hall–Kier alpha value is -2.84. The number of alkyl halides is 2. The fraction of sp³-hybridized carbons (Fsp3) is 0.412. The quantitative estimate of drug-likeness (QED) is 0.834. The predicted molar refractivity (Wildman–Crippen MR) is 87.9 cm³/mol. The zero-order valence-electron chi connectivity index (χ0n) is 14.0. The number of ether oxygens (including phenoxy) is 3. The molecule has 1 aromatic carbocycles. The Balaban J connectivity index is 1.74. The number of hydrogen-bond acceptors (Lipinski definition) is 5. The molecule has 0 N–H and O–H groups in total. The van der Waals surface area contributed by atoms with Gasteiger partial charge in [0.2, 0.25) is 0 Å². The van der Waals surface area contributed by atoms with Crippen LogP contribution in [0.15, 0.2) is 24.4 Å². The number of nitrogens with zero attached hydrogens (tertiary/aromatic N) is 3. The maximum absolute atomic E-state index is 13.2. The molecule has 2 aliphatic rings. The molecule has 0 unspecified atom stereocenters. The van der Waals surface area contributed by atoms with E-state index in [2.05, 4.69) is 4.98 Å². The van der Waals surface area contributed by atoms with Crippen molar-refractivity contribution in [1.82, 2.24) is 9.55 Å². The second kappa shape index (κ2) is 6.47. The van der Waals surface area contributed by atoms with E-state index in [1.807, 2.05) is 6.92 Å². The predicted octanol–water partition coefficient (Wildman–Crippen LogP) is 2.93. The summed E-state index contributed by atoms with van der Waals surface area (Å²) in [7, 11) is 0. The number of aromatic nitrogens is 2. The van der Waals surface area contributed by atoms with Crippen molar-refractivity contribution in [1.29, 1.82) is 0 Å². The molecule has 26 heavy (non-hydrogen) atoms. The number of amides is 1. The van der Waals surface area contributed by atoms with Crippen LogP contribution in [0.3, 0.4) is 0 Å². The van der Waals surface area contributed by atoms with Crippen LogP contribution >= 0.6 is 0 Å². The molecule has 138 valence electrons. The highest BCUT2D eigenvalue weighted by Crippen LogP contribution is 2.37. The molecule has 0 bridgehead atoms. The molecule has 1 atom stereocenters. The highest BCUT2D eigenvalue weighted by atomic mass is 19.3. The maximum Gasteiger partial charge on any atom is 0.416 e. The monoisotopic (exact) mass is 365 g/mol. The molecule has 0 saturated carbocycles. The summed E-state index contributed by atoms with van der Waals surface area (Å²) in [5, 5.41) is 0. The van der Waals surface area contributed by atoms with Gasteiger partial charge in [-0.05, 0) is 19.1 Å². The highest BCUT2D eigenvalue weighted by Gasteiger charge is 2.42. The summed E-state index contributed by atoms with van der Waals surface area (Å²) in [5.41, 5.74) is 0.707. The number of imidazole rings is 1. The van der Waals surface area contributed by atoms with Crippen LogP contribution in [0.25, 0.3) is 11.4 Å². The van der Waals surface area contributed by atoms with E-state index >= 15 is 0 Å². The largest absolute Gasteiger partial charge is 0.494 e. The van der Waals surface area contributed by atoms with E-state index in [0.717, 1.165) is 4.90 Å². The van der Waals surface area contributed by atoms with Gasteiger partial charge in [-0.1, -0.05) is 0 Å². The Morgan fingerprint density at radius 1 is 1.38 bits per heavy atom. The topological polar surface area (TPSA) is 65.8 Å². The van der Waals surface area contributed by atoms with E-state index in [1.165, 1.54) is 0 Å². The van der Waals surface area contributed by atoms with Gasteiger partial charge in [-0.2, -0.15) is 0 Å². The number of halogens is 2.